The van der Waals surface area contributed by atoms with E-state index < -0.39 is 0 Å². The van der Waals surface area contributed by atoms with E-state index in [-0.39, 0.29) is 12.4 Å². The molecule has 0 radical (unpaired) electrons. The third kappa shape index (κ3) is 4.09. The summed E-state index contributed by atoms with van der Waals surface area (Å²) >= 11 is 0. The van der Waals surface area contributed by atoms with Crippen molar-refractivity contribution >= 4 is 18.2 Å². The molecule has 19 heavy (non-hydrogen) atoms. The highest BCUT2D eigenvalue weighted by Crippen LogP contribution is 2.19. The zero-order chi connectivity index (χ0) is 13.0. The van der Waals surface area contributed by atoms with E-state index in [9.17, 15) is 5.26 Å². The fraction of sp³-hybridized carbons (Fsp3) is 0.571. The van der Waals surface area contributed by atoms with Crippen LogP contribution in [0.4, 0.5) is 5.82 Å². The van der Waals surface area contributed by atoms with Gasteiger partial charge in [-0.2, -0.15) is 5.26 Å². The second-order valence-electron chi connectivity index (χ2n) is 5.12. The van der Waals surface area contributed by atoms with Crippen molar-refractivity contribution in [3.63, 3.8) is 0 Å². The molecule has 2 heterocycles. The van der Waals surface area contributed by atoms with Crippen LogP contribution in [-0.2, 0) is 6.42 Å². The van der Waals surface area contributed by atoms with Gasteiger partial charge in [0.25, 0.3) is 0 Å². The van der Waals surface area contributed by atoms with Crippen molar-refractivity contribution in [3.8, 4) is 6.07 Å². The van der Waals surface area contributed by atoms with E-state index in [2.05, 4.69) is 35.1 Å². The van der Waals surface area contributed by atoms with E-state index in [1.165, 1.54) is 0 Å². The Kier molecular flexibility index (Phi) is 6.07. The summed E-state index contributed by atoms with van der Waals surface area (Å²) in [7, 11) is 0. The minimum Gasteiger partial charge on any atom is -0.353 e. The SMILES string of the molecule is CC(C)Cc1ccc(C#N)c(N2CCNCC2)n1.Cl. The van der Waals surface area contributed by atoms with Crippen molar-refractivity contribution in [1.82, 2.24) is 10.3 Å². The number of hydrogen-bond acceptors (Lipinski definition) is 4. The molecule has 0 unspecified atom stereocenters. The molecular weight excluding hydrogens is 260 g/mol. The molecule has 104 valence electrons. The monoisotopic (exact) mass is 280 g/mol. The van der Waals surface area contributed by atoms with E-state index in [1.54, 1.807) is 0 Å². The molecule has 2 rings (SSSR count). The molecule has 1 aliphatic rings. The quantitative estimate of drug-likeness (QED) is 0.920. The Morgan fingerprint density at radius 3 is 2.63 bits per heavy atom. The molecule has 0 spiro atoms. The fourth-order valence-electron chi connectivity index (χ4n) is 2.22. The van der Waals surface area contributed by atoms with Crippen molar-refractivity contribution < 1.29 is 0 Å². The van der Waals surface area contributed by atoms with E-state index in [0.29, 0.717) is 11.5 Å². The maximum Gasteiger partial charge on any atom is 0.146 e. The largest absolute Gasteiger partial charge is 0.353 e. The summed E-state index contributed by atoms with van der Waals surface area (Å²) in [6.07, 6.45) is 0.963. The number of rotatable bonds is 3. The molecule has 5 heteroatoms. The van der Waals surface area contributed by atoms with Gasteiger partial charge in [-0.3, -0.25) is 0 Å². The number of nitrogens with one attached hydrogen (secondary N) is 1. The molecule has 0 atom stereocenters. The first-order valence-electron chi connectivity index (χ1n) is 6.56. The number of pyridine rings is 1. The topological polar surface area (TPSA) is 52.0 Å². The molecule has 0 bridgehead atoms. The van der Waals surface area contributed by atoms with E-state index in [4.69, 9.17) is 0 Å². The van der Waals surface area contributed by atoms with E-state index in [0.717, 1.165) is 44.1 Å². The van der Waals surface area contributed by atoms with Crippen LogP contribution in [0.5, 0.6) is 0 Å². The summed E-state index contributed by atoms with van der Waals surface area (Å²) < 4.78 is 0. The van der Waals surface area contributed by atoms with Crippen LogP contribution < -0.4 is 10.2 Å². The van der Waals surface area contributed by atoms with Crippen LogP contribution in [0.1, 0.15) is 25.1 Å². The van der Waals surface area contributed by atoms with Gasteiger partial charge in [0.15, 0.2) is 0 Å². The van der Waals surface area contributed by atoms with Gasteiger partial charge in [-0.1, -0.05) is 13.8 Å². The smallest absolute Gasteiger partial charge is 0.146 e. The van der Waals surface area contributed by atoms with Gasteiger partial charge in [-0.05, 0) is 24.5 Å². The van der Waals surface area contributed by atoms with E-state index in [1.807, 2.05) is 12.1 Å². The van der Waals surface area contributed by atoms with Gasteiger partial charge < -0.3 is 10.2 Å². The summed E-state index contributed by atoms with van der Waals surface area (Å²) in [4.78, 5) is 6.89. The number of anilines is 1. The standard InChI is InChI=1S/C14H20N4.ClH/c1-11(2)9-13-4-3-12(10-15)14(17-13)18-7-5-16-6-8-18;/h3-4,11,16H,5-9H2,1-2H3;1H. The lowest BCUT2D eigenvalue weighted by atomic mass is 10.1. The van der Waals surface area contributed by atoms with Crippen LogP contribution in [0.2, 0.25) is 0 Å². The van der Waals surface area contributed by atoms with Gasteiger partial charge in [0.05, 0.1) is 5.56 Å². The van der Waals surface area contributed by atoms with Crippen LogP contribution in [0.15, 0.2) is 12.1 Å². The highest BCUT2D eigenvalue weighted by Gasteiger charge is 2.16. The van der Waals surface area contributed by atoms with Crippen molar-refractivity contribution in [2.75, 3.05) is 31.1 Å². The third-order valence-corrected chi connectivity index (χ3v) is 3.09. The molecule has 0 aliphatic carbocycles. The second kappa shape index (κ2) is 7.32. The van der Waals surface area contributed by atoms with Crippen LogP contribution in [-0.4, -0.2) is 31.2 Å². The Morgan fingerprint density at radius 1 is 1.37 bits per heavy atom. The Labute approximate surface area is 121 Å². The highest BCUT2D eigenvalue weighted by molar-refractivity contribution is 5.85. The van der Waals surface area contributed by atoms with Crippen molar-refractivity contribution in [1.29, 1.82) is 5.26 Å². The Balaban J connectivity index is 0.00000180. The number of aromatic nitrogens is 1. The first-order chi connectivity index (χ1) is 8.70. The molecule has 1 aromatic rings. The summed E-state index contributed by atoms with van der Waals surface area (Å²) in [6.45, 7) is 8.14. The average molecular weight is 281 g/mol. The van der Waals surface area contributed by atoms with Gasteiger partial charge in [0.2, 0.25) is 0 Å². The summed E-state index contributed by atoms with van der Waals surface area (Å²) in [5.41, 5.74) is 1.77. The van der Waals surface area contributed by atoms with Crippen LogP contribution in [0.3, 0.4) is 0 Å². The fourth-order valence-corrected chi connectivity index (χ4v) is 2.22. The van der Waals surface area contributed by atoms with E-state index >= 15 is 0 Å². The molecule has 1 saturated heterocycles. The Morgan fingerprint density at radius 2 is 2.05 bits per heavy atom. The number of nitriles is 1. The van der Waals surface area contributed by atoms with Gasteiger partial charge in [0, 0.05) is 31.9 Å². The van der Waals surface area contributed by atoms with Crippen molar-refractivity contribution in [2.45, 2.75) is 20.3 Å². The lowest BCUT2D eigenvalue weighted by Gasteiger charge is -2.29. The molecule has 1 N–H and O–H groups in total. The molecular formula is C14H21ClN4. The summed E-state index contributed by atoms with van der Waals surface area (Å²) in [5, 5.41) is 12.5. The van der Waals surface area contributed by atoms with Gasteiger partial charge in [-0.15, -0.1) is 12.4 Å². The number of halogens is 1. The maximum atomic E-state index is 9.19. The summed E-state index contributed by atoms with van der Waals surface area (Å²) in [6, 6.07) is 6.13. The Bertz CT molecular complexity index is 447. The molecule has 0 amide bonds. The zero-order valence-electron chi connectivity index (χ0n) is 11.5. The van der Waals surface area contributed by atoms with Crippen LogP contribution in [0.25, 0.3) is 0 Å². The molecule has 4 nitrogen and oxygen atoms in total. The summed E-state index contributed by atoms with van der Waals surface area (Å²) in [5.74, 6) is 1.44. The third-order valence-electron chi connectivity index (χ3n) is 3.09. The van der Waals surface area contributed by atoms with Crippen molar-refractivity contribution in [3.05, 3.63) is 23.4 Å². The minimum absolute atomic E-state index is 0. The number of nitrogens with zero attached hydrogens (tertiary/aromatic N) is 3. The lowest BCUT2D eigenvalue weighted by molar-refractivity contribution is 0.581. The normalized spacial score (nSPS) is 14.9. The highest BCUT2D eigenvalue weighted by atomic mass is 35.5. The molecule has 0 aromatic carbocycles. The Hall–Kier alpha value is -1.31. The van der Waals surface area contributed by atoms with Crippen molar-refractivity contribution in [2.24, 2.45) is 5.92 Å². The molecule has 0 saturated carbocycles. The molecule has 1 fully saturated rings. The van der Waals surface area contributed by atoms with Gasteiger partial charge in [0.1, 0.15) is 11.9 Å². The maximum absolute atomic E-state index is 9.19. The van der Waals surface area contributed by atoms with Crippen LogP contribution >= 0.6 is 12.4 Å². The predicted octanol–water partition coefficient (Wildman–Crippen LogP) is 1.98. The average Bonchev–Trinajstić information content (AvgIpc) is 2.39. The minimum atomic E-state index is 0. The lowest BCUT2D eigenvalue weighted by Crippen LogP contribution is -2.44. The predicted molar refractivity (Wildman–Crippen MR) is 79.8 cm³/mol. The first-order valence-corrected chi connectivity index (χ1v) is 6.56. The van der Waals surface area contributed by atoms with Crippen LogP contribution in [0, 0.1) is 17.2 Å². The first kappa shape index (κ1) is 15.7. The van der Waals surface area contributed by atoms with Gasteiger partial charge in [-0.25, -0.2) is 4.98 Å². The second-order valence-corrected chi connectivity index (χ2v) is 5.12. The molecule has 1 aliphatic heterocycles. The van der Waals surface area contributed by atoms with Gasteiger partial charge >= 0.3 is 0 Å². The number of piperazine rings is 1. The zero-order valence-corrected chi connectivity index (χ0v) is 12.3. The number of hydrogen-bond donors (Lipinski definition) is 1. The molecule has 1 aromatic heterocycles.